The molecule has 2 N–H and O–H groups in total. The van der Waals surface area contributed by atoms with E-state index in [-0.39, 0.29) is 33.6 Å². The molecule has 5 fully saturated rings. The number of carbonyl (C=O) groups is 1. The first-order chi connectivity index (χ1) is 23.9. The molecule has 0 aromatic heterocycles. The lowest BCUT2D eigenvalue weighted by Gasteiger charge is -2.72. The smallest absolute Gasteiger partial charge is 0.312 e. The molecule has 4 saturated carbocycles. The Hall–Kier alpha value is -1.51. The molecule has 7 aliphatic rings. The van der Waals surface area contributed by atoms with Gasteiger partial charge in [0.25, 0.3) is 0 Å². The van der Waals surface area contributed by atoms with Gasteiger partial charge in [-0.1, -0.05) is 58.9 Å². The van der Waals surface area contributed by atoms with Crippen LogP contribution in [-0.4, -0.2) is 74.3 Å². The molecule has 286 valence electrons. The van der Waals surface area contributed by atoms with Gasteiger partial charge in [-0.3, -0.25) is 4.79 Å². The molecule has 0 bridgehead atoms. The average molecular weight is 727 g/mol. The van der Waals surface area contributed by atoms with Crippen LogP contribution in [0, 0.1) is 56.7 Å². The molecule has 6 aliphatic carbocycles. The van der Waals surface area contributed by atoms with E-state index in [1.165, 1.54) is 68.1 Å². The second-order valence-corrected chi connectivity index (χ2v) is 22.3. The van der Waals surface area contributed by atoms with Crippen molar-refractivity contribution in [3.63, 3.8) is 0 Å². The first-order valence-electron chi connectivity index (χ1n) is 20.4. The molecule has 0 spiro atoms. The molecule has 6 nitrogen and oxygen atoms in total. The maximum Gasteiger partial charge on any atom is 0.312 e. The van der Waals surface area contributed by atoms with E-state index >= 15 is 0 Å². The summed E-state index contributed by atoms with van der Waals surface area (Å²) in [6.45, 7) is 22.1. The minimum absolute atomic E-state index is 0.0163. The summed E-state index contributed by atoms with van der Waals surface area (Å²) in [6.07, 6.45) is 16.9. The lowest BCUT2D eigenvalue weighted by Crippen LogP contribution is -2.68. The van der Waals surface area contributed by atoms with E-state index in [1.807, 2.05) is 0 Å². The van der Waals surface area contributed by atoms with Crippen LogP contribution in [0.1, 0.15) is 119 Å². The van der Waals surface area contributed by atoms with E-state index in [2.05, 4.69) is 70.5 Å². The van der Waals surface area contributed by atoms with Gasteiger partial charge in [0.1, 0.15) is 6.67 Å². The predicted octanol–water partition coefficient (Wildman–Crippen LogP) is 8.40. The summed E-state index contributed by atoms with van der Waals surface area (Å²) in [5, 5.41) is 14.0. The highest BCUT2D eigenvalue weighted by atomic mass is 32.2. The van der Waals surface area contributed by atoms with Gasteiger partial charge in [-0.15, -0.1) is 0 Å². The number of halogens is 1. The zero-order valence-corrected chi connectivity index (χ0v) is 33.4. The van der Waals surface area contributed by atoms with Crippen LogP contribution in [0.25, 0.3) is 0 Å². The van der Waals surface area contributed by atoms with Crippen LogP contribution >= 0.6 is 0 Å². The van der Waals surface area contributed by atoms with Gasteiger partial charge in [0, 0.05) is 31.7 Å². The number of nitrogens with zero attached hydrogens (tertiary/aromatic N) is 1. The van der Waals surface area contributed by atoms with Gasteiger partial charge in [0.2, 0.25) is 0 Å². The van der Waals surface area contributed by atoms with Crippen molar-refractivity contribution < 1.29 is 22.7 Å². The first-order valence-corrected chi connectivity index (χ1v) is 22.2. The van der Waals surface area contributed by atoms with E-state index < -0.39 is 27.9 Å². The maximum absolute atomic E-state index is 14.0. The van der Waals surface area contributed by atoms with Gasteiger partial charge in [-0.25, -0.2) is 12.8 Å². The number of sulfone groups is 1. The number of hydrogen-bond donors (Lipinski definition) is 2. The third-order valence-electron chi connectivity index (χ3n) is 17.7. The molecule has 0 aromatic carbocycles. The van der Waals surface area contributed by atoms with Gasteiger partial charge < -0.3 is 15.3 Å². The largest absolute Gasteiger partial charge is 0.481 e. The Balaban J connectivity index is 1.13. The second-order valence-electron chi connectivity index (χ2n) is 20.0. The molecule has 7 rings (SSSR count). The lowest BCUT2D eigenvalue weighted by atomic mass is 9.33. The summed E-state index contributed by atoms with van der Waals surface area (Å²) in [5.74, 6) is 2.58. The molecule has 1 aliphatic heterocycles. The number of allylic oxidation sites excluding steroid dienone is 5. The highest BCUT2D eigenvalue weighted by molar-refractivity contribution is 7.91. The Morgan fingerprint density at radius 1 is 0.941 bits per heavy atom. The SMILES string of the molecule is C=C(C)C1CCC2(NCCN3CCS(=O)(=O)CC3)CC[C@]3(C)[C@H](CC[C@@H]4[C@@]5(C)CC=C(C6=CC[C@@](CF)(C(=O)O)CC6)C(C)(C)[C@@H]5CC[C@]43C)[C@@H]12. The number of fused-ring (bicyclic) bond motifs is 7. The molecule has 0 radical (unpaired) electrons. The number of carboxylic acids is 1. The summed E-state index contributed by atoms with van der Waals surface area (Å²) in [6, 6.07) is 0. The van der Waals surface area contributed by atoms with Gasteiger partial charge in [-0.2, -0.15) is 0 Å². The monoisotopic (exact) mass is 726 g/mol. The Bertz CT molecular complexity index is 1590. The summed E-state index contributed by atoms with van der Waals surface area (Å²) in [5.41, 5.74) is 3.60. The number of carboxylic acid groups (broad SMARTS) is 1. The van der Waals surface area contributed by atoms with Gasteiger partial charge >= 0.3 is 5.97 Å². The van der Waals surface area contributed by atoms with Gasteiger partial charge in [0.15, 0.2) is 9.84 Å². The van der Waals surface area contributed by atoms with Crippen molar-refractivity contribution in [2.24, 2.45) is 56.7 Å². The highest BCUT2D eigenvalue weighted by Crippen LogP contribution is 2.76. The normalized spacial score (nSPS) is 46.1. The number of rotatable bonds is 8. The second kappa shape index (κ2) is 12.8. The van der Waals surface area contributed by atoms with Crippen molar-refractivity contribution in [3.8, 4) is 0 Å². The van der Waals surface area contributed by atoms with Crippen LogP contribution in [0.15, 0.2) is 35.5 Å². The molecule has 8 heteroatoms. The Labute approximate surface area is 308 Å². The number of nitrogens with one attached hydrogen (secondary N) is 1. The molecule has 51 heavy (non-hydrogen) atoms. The quantitative estimate of drug-likeness (QED) is 0.245. The standard InChI is InChI=1S/C43H67FN2O4S/c1-29(2)31-12-19-43(45-22-23-46-24-26-51(49,50)27-25-46)21-20-40(6)33(36(31)43)8-9-35-39(5)15-13-32(38(3,4)34(39)14-16-41(35,40)7)30-10-17-42(28-44,18-11-30)37(47)48/h10,13,31,33-36,45H,1,8-9,11-12,14-28H2,2-7H3,(H,47,48)/t31?,33-,34+,35-,36-,39+,40-,41-,42-,43?/m1/s1. The molecule has 1 saturated heterocycles. The van der Waals surface area contributed by atoms with Crippen molar-refractivity contribution in [2.45, 2.75) is 124 Å². The maximum atomic E-state index is 14.0. The fraction of sp³-hybridized carbons (Fsp3) is 0.837. The minimum atomic E-state index is -2.87. The molecule has 1 heterocycles. The van der Waals surface area contributed by atoms with Crippen LogP contribution < -0.4 is 5.32 Å². The molecule has 2 unspecified atom stereocenters. The van der Waals surface area contributed by atoms with E-state index in [0.717, 1.165) is 19.5 Å². The van der Waals surface area contributed by atoms with E-state index in [1.54, 1.807) is 0 Å². The van der Waals surface area contributed by atoms with Crippen molar-refractivity contribution in [1.82, 2.24) is 10.2 Å². The fourth-order valence-electron chi connectivity index (χ4n) is 14.6. The van der Waals surface area contributed by atoms with Crippen molar-refractivity contribution in [3.05, 3.63) is 35.5 Å². The molecular formula is C43H67FN2O4S. The zero-order valence-electron chi connectivity index (χ0n) is 32.6. The number of aliphatic carboxylic acids is 1. The average Bonchev–Trinajstić information content (AvgIpc) is 3.46. The van der Waals surface area contributed by atoms with E-state index in [0.29, 0.717) is 67.0 Å². The van der Waals surface area contributed by atoms with Gasteiger partial charge in [0.05, 0.1) is 16.9 Å². The fourth-order valence-corrected chi connectivity index (χ4v) is 15.8. The van der Waals surface area contributed by atoms with E-state index in [9.17, 15) is 22.7 Å². The van der Waals surface area contributed by atoms with Gasteiger partial charge in [-0.05, 0) is 146 Å². The van der Waals surface area contributed by atoms with Crippen molar-refractivity contribution >= 4 is 15.8 Å². The summed E-state index contributed by atoms with van der Waals surface area (Å²) in [7, 11) is -2.87. The minimum Gasteiger partial charge on any atom is -0.481 e. The zero-order chi connectivity index (χ0) is 36.8. The summed E-state index contributed by atoms with van der Waals surface area (Å²) < 4.78 is 38.0. The van der Waals surface area contributed by atoms with Crippen LogP contribution in [-0.2, 0) is 14.6 Å². The number of hydrogen-bond acceptors (Lipinski definition) is 5. The lowest BCUT2D eigenvalue weighted by molar-refractivity contribution is -0.221. The molecule has 10 atom stereocenters. The van der Waals surface area contributed by atoms with Crippen LogP contribution in [0.2, 0.25) is 0 Å². The summed E-state index contributed by atoms with van der Waals surface area (Å²) >= 11 is 0. The van der Waals surface area contributed by atoms with Crippen molar-refractivity contribution in [2.75, 3.05) is 44.4 Å². The van der Waals surface area contributed by atoms with Crippen LogP contribution in [0.3, 0.4) is 0 Å². The predicted molar refractivity (Wildman–Crippen MR) is 204 cm³/mol. The third-order valence-corrected chi connectivity index (χ3v) is 19.3. The summed E-state index contributed by atoms with van der Waals surface area (Å²) in [4.78, 5) is 14.3. The first kappa shape index (κ1) is 37.8. The Morgan fingerprint density at radius 3 is 2.29 bits per heavy atom. The molecule has 0 aromatic rings. The van der Waals surface area contributed by atoms with E-state index in [4.69, 9.17) is 0 Å². The Kier molecular flexibility index (Phi) is 9.47. The molecule has 0 amide bonds. The van der Waals surface area contributed by atoms with Crippen LogP contribution in [0.5, 0.6) is 0 Å². The Morgan fingerprint density at radius 2 is 1.67 bits per heavy atom. The number of alkyl halides is 1. The van der Waals surface area contributed by atoms with Crippen molar-refractivity contribution in [1.29, 1.82) is 0 Å². The molecular weight excluding hydrogens is 660 g/mol. The highest BCUT2D eigenvalue weighted by Gasteiger charge is 2.70. The third kappa shape index (κ3) is 5.71. The topological polar surface area (TPSA) is 86.7 Å². The van der Waals surface area contributed by atoms with Crippen LogP contribution in [0.4, 0.5) is 4.39 Å².